The van der Waals surface area contributed by atoms with Crippen molar-refractivity contribution in [2.75, 3.05) is 19.7 Å². The molecule has 0 unspecified atom stereocenters. The fraction of sp³-hybridized carbons (Fsp3) is 0.857. The molecule has 0 aromatic heterocycles. The van der Waals surface area contributed by atoms with Crippen LogP contribution in [0.25, 0.3) is 0 Å². The maximum Gasteiger partial charge on any atom is 0.220 e. The van der Waals surface area contributed by atoms with Gasteiger partial charge in [-0.3, -0.25) is 9.59 Å². The minimum absolute atomic E-state index is 0.0574. The molecule has 0 aromatic rings. The molecule has 0 rings (SSSR count). The first-order valence-electron chi connectivity index (χ1n) is 7.58. The smallest absolute Gasteiger partial charge is 0.220 e. The quantitative estimate of drug-likeness (QED) is 0.197. The van der Waals surface area contributed by atoms with Crippen LogP contribution in [0.3, 0.4) is 0 Å². The van der Waals surface area contributed by atoms with Crippen LogP contribution in [0.2, 0.25) is 0 Å². The Bertz CT molecular complexity index is 367. The van der Waals surface area contributed by atoms with Crippen LogP contribution >= 0.6 is 0 Å². The normalized spacial score (nSPS) is 17.9. The number of rotatable bonds is 12. The highest BCUT2D eigenvalue weighted by atomic mass is 16.4. The highest BCUT2D eigenvalue weighted by Gasteiger charge is 2.30. The Morgan fingerprint density at radius 1 is 1.04 bits per heavy atom. The van der Waals surface area contributed by atoms with E-state index in [2.05, 4.69) is 10.6 Å². The van der Waals surface area contributed by atoms with E-state index in [9.17, 15) is 30.0 Å². The second kappa shape index (κ2) is 11.4. The van der Waals surface area contributed by atoms with Crippen molar-refractivity contribution < 1.29 is 35.1 Å². The third-order valence-electron chi connectivity index (χ3n) is 3.44. The third kappa shape index (κ3) is 8.35. The minimum atomic E-state index is -1.73. The molecule has 136 valence electrons. The number of aliphatic hydroxyl groups excluding tert-OH is 5. The number of carbonyl (C=O) groups is 2. The number of Topliss-reactive ketones (excluding diaryl/α,β-unsaturated/α-hetero) is 1. The maximum atomic E-state index is 11.7. The topological polar surface area (TPSA) is 159 Å². The maximum absolute atomic E-state index is 11.7. The predicted molar refractivity (Wildman–Crippen MR) is 81.5 cm³/mol. The number of aliphatic hydroxyl groups is 5. The summed E-state index contributed by atoms with van der Waals surface area (Å²) < 4.78 is 0. The minimum Gasteiger partial charge on any atom is -0.394 e. The van der Waals surface area contributed by atoms with E-state index in [0.29, 0.717) is 13.0 Å². The number of hydrogen-bond acceptors (Lipinski definition) is 8. The Balaban J connectivity index is 4.19. The van der Waals surface area contributed by atoms with Crippen LogP contribution in [0.1, 0.15) is 26.7 Å². The molecule has 0 bridgehead atoms. The molecule has 0 aliphatic rings. The van der Waals surface area contributed by atoms with Gasteiger partial charge in [-0.1, -0.05) is 6.92 Å². The number of hydrogen-bond donors (Lipinski definition) is 7. The van der Waals surface area contributed by atoms with Crippen LogP contribution in [0.5, 0.6) is 0 Å². The summed E-state index contributed by atoms with van der Waals surface area (Å²) in [4.78, 5) is 23.0. The van der Waals surface area contributed by atoms with Gasteiger partial charge < -0.3 is 36.2 Å². The second-order valence-electron chi connectivity index (χ2n) is 5.36. The van der Waals surface area contributed by atoms with Crippen LogP contribution in [0.15, 0.2) is 0 Å². The predicted octanol–water partition coefficient (Wildman–Crippen LogP) is -3.11. The zero-order chi connectivity index (χ0) is 18.0. The number of ketones is 1. The van der Waals surface area contributed by atoms with Crippen molar-refractivity contribution in [3.8, 4) is 0 Å². The molecule has 0 fully saturated rings. The molecular weight excluding hydrogens is 308 g/mol. The molecular formula is C14H28N2O7. The first-order chi connectivity index (χ1) is 10.7. The molecule has 0 aliphatic carbocycles. The molecule has 0 saturated heterocycles. The van der Waals surface area contributed by atoms with Gasteiger partial charge in [0.1, 0.15) is 24.1 Å². The van der Waals surface area contributed by atoms with Crippen molar-refractivity contribution in [1.82, 2.24) is 10.6 Å². The lowest BCUT2D eigenvalue weighted by Gasteiger charge is -2.25. The number of likely N-dealkylation sites (N-methyl/N-ethyl adjacent to an activating group) is 1. The summed E-state index contributed by atoms with van der Waals surface area (Å²) >= 11 is 0. The molecule has 1 amide bonds. The fourth-order valence-corrected chi connectivity index (χ4v) is 1.96. The van der Waals surface area contributed by atoms with Crippen molar-refractivity contribution in [3.63, 3.8) is 0 Å². The molecule has 0 spiro atoms. The molecule has 0 aliphatic heterocycles. The van der Waals surface area contributed by atoms with Crippen molar-refractivity contribution in [2.45, 2.75) is 57.1 Å². The van der Waals surface area contributed by atoms with Crippen LogP contribution in [0.4, 0.5) is 0 Å². The molecule has 0 radical (unpaired) electrons. The van der Waals surface area contributed by atoms with Crippen LogP contribution < -0.4 is 10.6 Å². The number of nitrogens with one attached hydrogen (secondary N) is 2. The molecule has 7 N–H and O–H groups in total. The SMILES string of the molecule is CCN[C@@H](CCC(=O)NC[C@H](O)[C@@H](O)[C@H](O)[C@H](O)CO)C(C)=O. The van der Waals surface area contributed by atoms with Crippen molar-refractivity contribution >= 4 is 11.7 Å². The van der Waals surface area contributed by atoms with Crippen LogP contribution in [-0.4, -0.2) is 87.4 Å². The van der Waals surface area contributed by atoms with E-state index in [1.54, 1.807) is 0 Å². The molecule has 5 atom stereocenters. The zero-order valence-electron chi connectivity index (χ0n) is 13.5. The molecule has 23 heavy (non-hydrogen) atoms. The standard InChI is InChI=1S/C14H28N2O7/c1-3-15-9(8(2)18)4-5-12(21)16-6-10(19)13(22)14(23)11(20)7-17/h9-11,13-15,17,19-20,22-23H,3-7H2,1-2H3,(H,16,21)/t9-,10-,11+,13+,14+/m0/s1. The summed E-state index contributed by atoms with van der Waals surface area (Å²) in [5.74, 6) is -0.492. The van der Waals surface area contributed by atoms with E-state index in [-0.39, 0.29) is 18.7 Å². The Morgan fingerprint density at radius 3 is 2.09 bits per heavy atom. The second-order valence-corrected chi connectivity index (χ2v) is 5.36. The monoisotopic (exact) mass is 336 g/mol. The van der Waals surface area contributed by atoms with Gasteiger partial charge in [0.15, 0.2) is 0 Å². The van der Waals surface area contributed by atoms with E-state index >= 15 is 0 Å². The summed E-state index contributed by atoms with van der Waals surface area (Å²) in [6.45, 7) is 2.77. The van der Waals surface area contributed by atoms with E-state index in [1.165, 1.54) is 6.92 Å². The largest absolute Gasteiger partial charge is 0.394 e. The first-order valence-corrected chi connectivity index (χ1v) is 7.58. The molecule has 0 heterocycles. The lowest BCUT2D eigenvalue weighted by atomic mass is 10.0. The first kappa shape index (κ1) is 21.9. The average molecular weight is 336 g/mol. The lowest BCUT2D eigenvalue weighted by Crippen LogP contribution is -2.49. The van der Waals surface area contributed by atoms with Crippen molar-refractivity contribution in [3.05, 3.63) is 0 Å². The molecule has 0 aromatic carbocycles. The van der Waals surface area contributed by atoms with Gasteiger partial charge in [-0.2, -0.15) is 0 Å². The van der Waals surface area contributed by atoms with Gasteiger partial charge in [-0.15, -0.1) is 0 Å². The van der Waals surface area contributed by atoms with Crippen molar-refractivity contribution in [1.29, 1.82) is 0 Å². The summed E-state index contributed by atoms with van der Waals surface area (Å²) in [7, 11) is 0. The summed E-state index contributed by atoms with van der Waals surface area (Å²) in [6, 6.07) is -0.414. The molecule has 0 saturated carbocycles. The van der Waals surface area contributed by atoms with Gasteiger partial charge in [0, 0.05) is 13.0 Å². The summed E-state index contributed by atoms with van der Waals surface area (Å²) in [6.07, 6.45) is -6.19. The van der Waals surface area contributed by atoms with Crippen LogP contribution in [-0.2, 0) is 9.59 Å². The Kier molecular flexibility index (Phi) is 10.9. The van der Waals surface area contributed by atoms with Crippen LogP contribution in [0, 0.1) is 0 Å². The van der Waals surface area contributed by atoms with E-state index in [4.69, 9.17) is 5.11 Å². The fourth-order valence-electron chi connectivity index (χ4n) is 1.96. The van der Waals surface area contributed by atoms with E-state index < -0.39 is 43.0 Å². The summed E-state index contributed by atoms with van der Waals surface area (Å²) in [5.41, 5.74) is 0. The van der Waals surface area contributed by atoms with Gasteiger partial charge in [0.25, 0.3) is 0 Å². The number of amides is 1. The Morgan fingerprint density at radius 2 is 1.61 bits per heavy atom. The van der Waals surface area contributed by atoms with E-state index in [0.717, 1.165) is 0 Å². The average Bonchev–Trinajstić information content (AvgIpc) is 2.53. The lowest BCUT2D eigenvalue weighted by molar-refractivity contribution is -0.126. The molecule has 9 nitrogen and oxygen atoms in total. The van der Waals surface area contributed by atoms with Crippen molar-refractivity contribution in [2.24, 2.45) is 0 Å². The number of carbonyl (C=O) groups excluding carboxylic acids is 2. The molecule has 9 heteroatoms. The van der Waals surface area contributed by atoms with Gasteiger partial charge in [0.05, 0.1) is 18.8 Å². The highest BCUT2D eigenvalue weighted by molar-refractivity contribution is 5.82. The van der Waals surface area contributed by atoms with Gasteiger partial charge >= 0.3 is 0 Å². The van der Waals surface area contributed by atoms with Gasteiger partial charge in [-0.05, 0) is 19.9 Å². The zero-order valence-corrected chi connectivity index (χ0v) is 13.5. The Hall–Kier alpha value is -1.10. The third-order valence-corrected chi connectivity index (χ3v) is 3.44. The van der Waals surface area contributed by atoms with Gasteiger partial charge in [-0.25, -0.2) is 0 Å². The van der Waals surface area contributed by atoms with E-state index in [1.807, 2.05) is 6.92 Å². The highest BCUT2D eigenvalue weighted by Crippen LogP contribution is 2.05. The summed E-state index contributed by atoms with van der Waals surface area (Å²) in [5, 5.41) is 51.8. The van der Waals surface area contributed by atoms with Gasteiger partial charge in [0.2, 0.25) is 5.91 Å². The Labute approximate surface area is 135 Å².